The molecule has 2 heterocycles. The number of nitrogens with zero attached hydrogens (tertiary/aromatic N) is 1. The average molecular weight is 479 g/mol. The molecular formula is C30H26N2O2S. The van der Waals surface area contributed by atoms with Crippen molar-refractivity contribution in [3.8, 4) is 10.4 Å². The molecule has 0 amide bonds. The minimum absolute atomic E-state index is 0.0506. The van der Waals surface area contributed by atoms with Crippen LogP contribution in [0, 0.1) is 5.92 Å². The summed E-state index contributed by atoms with van der Waals surface area (Å²) in [5.74, 6) is 0.448. The van der Waals surface area contributed by atoms with Gasteiger partial charge in [-0.25, -0.2) is 4.99 Å². The number of ketones is 2. The maximum Gasteiger partial charge on any atom is 0.171 e. The van der Waals surface area contributed by atoms with Gasteiger partial charge in [0.2, 0.25) is 0 Å². The molecule has 1 unspecified atom stereocenters. The first-order valence-electron chi connectivity index (χ1n) is 11.7. The van der Waals surface area contributed by atoms with Crippen LogP contribution in [0.5, 0.6) is 0 Å². The number of amidine groups is 1. The largest absolute Gasteiger partial charge is 0.387 e. The SMILES string of the molecule is CC(=O)c1ccc(-c2cccc(CC3CC(=O)C(c4ccccc4)(c4ccccc4)N=C3N)c2)s1. The summed E-state index contributed by atoms with van der Waals surface area (Å²) in [6, 6.07) is 31.4. The predicted octanol–water partition coefficient (Wildman–Crippen LogP) is 6.05. The minimum Gasteiger partial charge on any atom is -0.387 e. The van der Waals surface area contributed by atoms with Crippen molar-refractivity contribution >= 4 is 28.7 Å². The second-order valence-electron chi connectivity index (χ2n) is 8.93. The molecule has 1 aromatic heterocycles. The number of hydrogen-bond acceptors (Lipinski definition) is 5. The van der Waals surface area contributed by atoms with Gasteiger partial charge in [-0.2, -0.15) is 0 Å². The van der Waals surface area contributed by atoms with Crippen molar-refractivity contribution in [1.29, 1.82) is 0 Å². The van der Waals surface area contributed by atoms with Crippen LogP contribution < -0.4 is 5.73 Å². The fourth-order valence-electron chi connectivity index (χ4n) is 4.79. The summed E-state index contributed by atoms with van der Waals surface area (Å²) in [5, 5.41) is 0. The van der Waals surface area contributed by atoms with E-state index in [-0.39, 0.29) is 17.5 Å². The van der Waals surface area contributed by atoms with Crippen molar-refractivity contribution < 1.29 is 9.59 Å². The van der Waals surface area contributed by atoms with E-state index in [0.29, 0.717) is 18.7 Å². The third kappa shape index (κ3) is 4.35. The number of hydrogen-bond donors (Lipinski definition) is 1. The van der Waals surface area contributed by atoms with E-state index in [4.69, 9.17) is 10.7 Å². The van der Waals surface area contributed by atoms with Crippen molar-refractivity contribution in [1.82, 2.24) is 0 Å². The molecular weight excluding hydrogens is 452 g/mol. The lowest BCUT2D eigenvalue weighted by molar-refractivity contribution is -0.124. The molecule has 5 rings (SSSR count). The molecule has 4 aromatic rings. The topological polar surface area (TPSA) is 72.5 Å². The summed E-state index contributed by atoms with van der Waals surface area (Å²) >= 11 is 1.49. The van der Waals surface area contributed by atoms with E-state index in [2.05, 4.69) is 12.1 Å². The smallest absolute Gasteiger partial charge is 0.171 e. The maximum atomic E-state index is 13.8. The number of carbonyl (C=O) groups is 2. The van der Waals surface area contributed by atoms with Crippen molar-refractivity contribution in [3.63, 3.8) is 0 Å². The van der Waals surface area contributed by atoms with Gasteiger partial charge in [0.15, 0.2) is 17.1 Å². The molecule has 0 bridgehead atoms. The van der Waals surface area contributed by atoms with Crippen LogP contribution in [0.25, 0.3) is 10.4 Å². The van der Waals surface area contributed by atoms with E-state index < -0.39 is 5.54 Å². The van der Waals surface area contributed by atoms with Gasteiger partial charge in [-0.05, 0) is 47.7 Å². The summed E-state index contributed by atoms with van der Waals surface area (Å²) in [6.07, 6.45) is 0.941. The number of benzene rings is 3. The number of carbonyl (C=O) groups excluding carboxylic acids is 2. The van der Waals surface area contributed by atoms with E-state index in [1.54, 1.807) is 6.92 Å². The molecule has 0 fully saturated rings. The van der Waals surface area contributed by atoms with E-state index in [1.165, 1.54) is 11.3 Å². The van der Waals surface area contributed by atoms with E-state index in [1.807, 2.05) is 84.9 Å². The molecule has 1 aliphatic rings. The van der Waals surface area contributed by atoms with Crippen molar-refractivity contribution in [2.24, 2.45) is 16.6 Å². The molecule has 0 saturated heterocycles. The molecule has 0 aliphatic carbocycles. The zero-order valence-corrected chi connectivity index (χ0v) is 20.3. The van der Waals surface area contributed by atoms with Crippen LogP contribution in [-0.2, 0) is 16.8 Å². The summed E-state index contributed by atoms with van der Waals surface area (Å²) in [6.45, 7) is 1.58. The normalized spacial score (nSPS) is 17.1. The highest BCUT2D eigenvalue weighted by Gasteiger charge is 2.46. The van der Waals surface area contributed by atoms with Crippen LogP contribution in [0.2, 0.25) is 0 Å². The second kappa shape index (κ2) is 9.43. The summed E-state index contributed by atoms with van der Waals surface area (Å²) < 4.78 is 0. The standard InChI is InChI=1S/C30H26N2O2S/c1-20(33)26-15-16-27(35-26)22-10-8-9-21(17-22)18-23-19-28(34)30(32-29(23)31,24-11-4-2-5-12-24)25-13-6-3-7-14-25/h2-17,23H,18-19H2,1H3,(H2,31,32). The highest BCUT2D eigenvalue weighted by atomic mass is 32.1. The zero-order valence-electron chi connectivity index (χ0n) is 19.5. The molecule has 2 N–H and O–H groups in total. The first kappa shape index (κ1) is 22.9. The Bertz CT molecular complexity index is 1370. The first-order chi connectivity index (χ1) is 17.0. The number of nitrogens with two attached hydrogens (primary N) is 1. The van der Waals surface area contributed by atoms with Gasteiger partial charge in [-0.15, -0.1) is 11.3 Å². The lowest BCUT2D eigenvalue weighted by atomic mass is 9.73. The quantitative estimate of drug-likeness (QED) is 0.343. The Hall–Kier alpha value is -3.83. The van der Waals surface area contributed by atoms with Crippen LogP contribution in [0.15, 0.2) is 102 Å². The van der Waals surface area contributed by atoms with Gasteiger partial charge in [0, 0.05) is 17.2 Å². The van der Waals surface area contributed by atoms with Gasteiger partial charge in [-0.3, -0.25) is 9.59 Å². The molecule has 1 aliphatic heterocycles. The summed E-state index contributed by atoms with van der Waals surface area (Å²) in [5.41, 5.74) is 9.27. The zero-order chi connectivity index (χ0) is 24.4. The molecule has 3 aromatic carbocycles. The average Bonchev–Trinajstić information content (AvgIpc) is 3.38. The Morgan fingerprint density at radius 2 is 1.60 bits per heavy atom. The van der Waals surface area contributed by atoms with Gasteiger partial charge in [-0.1, -0.05) is 84.9 Å². The monoisotopic (exact) mass is 478 g/mol. The van der Waals surface area contributed by atoms with Crippen LogP contribution in [0.3, 0.4) is 0 Å². The molecule has 0 radical (unpaired) electrons. The maximum absolute atomic E-state index is 13.8. The van der Waals surface area contributed by atoms with Crippen LogP contribution in [-0.4, -0.2) is 17.4 Å². The van der Waals surface area contributed by atoms with E-state index >= 15 is 0 Å². The van der Waals surface area contributed by atoms with Gasteiger partial charge in [0.05, 0.1) is 10.7 Å². The van der Waals surface area contributed by atoms with Crippen molar-refractivity contribution in [3.05, 3.63) is 119 Å². The van der Waals surface area contributed by atoms with E-state index in [0.717, 1.165) is 32.0 Å². The third-order valence-corrected chi connectivity index (χ3v) is 7.82. The lowest BCUT2D eigenvalue weighted by Crippen LogP contribution is -2.46. The van der Waals surface area contributed by atoms with Gasteiger partial charge in [0.25, 0.3) is 0 Å². The van der Waals surface area contributed by atoms with Crippen LogP contribution >= 0.6 is 11.3 Å². The number of aliphatic imine (C=N–C) groups is 1. The van der Waals surface area contributed by atoms with Crippen LogP contribution in [0.1, 0.15) is 39.7 Å². The number of Topliss-reactive ketones (excluding diaryl/α,β-unsaturated/α-hetero) is 2. The Morgan fingerprint density at radius 3 is 2.20 bits per heavy atom. The van der Waals surface area contributed by atoms with Crippen LogP contribution in [0.4, 0.5) is 0 Å². The predicted molar refractivity (Wildman–Crippen MR) is 142 cm³/mol. The second-order valence-corrected chi connectivity index (χ2v) is 10.0. The number of thiophene rings is 1. The first-order valence-corrected chi connectivity index (χ1v) is 12.5. The van der Waals surface area contributed by atoms with Crippen molar-refractivity contribution in [2.75, 3.05) is 0 Å². The fraction of sp³-hybridized carbons (Fsp3) is 0.167. The Kier molecular flexibility index (Phi) is 6.18. The van der Waals surface area contributed by atoms with Crippen molar-refractivity contribution in [2.45, 2.75) is 25.3 Å². The Labute approximate surface area is 209 Å². The van der Waals surface area contributed by atoms with Gasteiger partial charge in [0.1, 0.15) is 0 Å². The molecule has 5 heteroatoms. The van der Waals surface area contributed by atoms with E-state index in [9.17, 15) is 9.59 Å². The Morgan fingerprint density at radius 1 is 0.943 bits per heavy atom. The third-order valence-electron chi connectivity index (χ3n) is 6.58. The van der Waals surface area contributed by atoms with Gasteiger partial charge < -0.3 is 5.73 Å². The molecule has 0 saturated carbocycles. The highest BCUT2D eigenvalue weighted by molar-refractivity contribution is 7.17. The molecule has 35 heavy (non-hydrogen) atoms. The summed E-state index contributed by atoms with van der Waals surface area (Å²) in [4.78, 5) is 32.2. The minimum atomic E-state index is -1.12. The molecule has 0 spiro atoms. The highest BCUT2D eigenvalue weighted by Crippen LogP contribution is 2.40. The molecule has 174 valence electrons. The molecule has 4 nitrogen and oxygen atoms in total. The Balaban J connectivity index is 1.48. The lowest BCUT2D eigenvalue weighted by Gasteiger charge is -2.36. The number of rotatable bonds is 6. The summed E-state index contributed by atoms with van der Waals surface area (Å²) in [7, 11) is 0. The fourth-order valence-corrected chi connectivity index (χ4v) is 5.69. The van der Waals surface area contributed by atoms with Gasteiger partial charge >= 0.3 is 0 Å². The molecule has 1 atom stereocenters.